The fraction of sp³-hybridized carbons (Fsp3) is 0.0435. The van der Waals surface area contributed by atoms with E-state index in [0.717, 1.165) is 11.1 Å². The van der Waals surface area contributed by atoms with Crippen molar-refractivity contribution < 1.29 is 9.66 Å². The maximum absolute atomic E-state index is 10.7. The minimum absolute atomic E-state index is 0.0723. The molecule has 7 heteroatoms. The number of nitro groups is 1. The normalized spacial score (nSPS) is 10.9. The molecule has 1 aromatic heterocycles. The lowest BCUT2D eigenvalue weighted by Gasteiger charge is -2.10. The second-order valence-electron chi connectivity index (χ2n) is 6.54. The van der Waals surface area contributed by atoms with Crippen molar-refractivity contribution in [3.05, 3.63) is 106 Å². The summed E-state index contributed by atoms with van der Waals surface area (Å²) in [6, 6.07) is 24.9. The average Bonchev–Trinajstić information content (AvgIpc) is 2.78. The van der Waals surface area contributed by atoms with Gasteiger partial charge in [0.25, 0.3) is 5.69 Å². The van der Waals surface area contributed by atoms with Crippen molar-refractivity contribution in [2.24, 2.45) is 5.10 Å². The molecule has 7 nitrogen and oxygen atoms in total. The molecule has 0 amide bonds. The Morgan fingerprint density at radius 1 is 1.00 bits per heavy atom. The zero-order valence-corrected chi connectivity index (χ0v) is 15.9. The highest BCUT2D eigenvalue weighted by atomic mass is 16.6. The van der Waals surface area contributed by atoms with Crippen molar-refractivity contribution in [1.82, 2.24) is 4.98 Å². The summed E-state index contributed by atoms with van der Waals surface area (Å²) in [4.78, 5) is 14.1. The summed E-state index contributed by atoms with van der Waals surface area (Å²) >= 11 is 0. The highest BCUT2D eigenvalue weighted by molar-refractivity contribution is 5.84. The number of hydrogen-bond donors (Lipinski definition) is 1. The van der Waals surface area contributed by atoms with Gasteiger partial charge < -0.3 is 4.74 Å². The zero-order chi connectivity index (χ0) is 20.8. The van der Waals surface area contributed by atoms with E-state index in [2.05, 4.69) is 45.8 Å². The number of nitrogens with one attached hydrogen (secondary N) is 1. The van der Waals surface area contributed by atoms with Crippen LogP contribution in [0.3, 0.4) is 0 Å². The Bertz CT molecular complexity index is 1210. The third-order valence-corrected chi connectivity index (χ3v) is 4.47. The first-order valence-electron chi connectivity index (χ1n) is 9.28. The molecule has 0 unspecified atom stereocenters. The van der Waals surface area contributed by atoms with E-state index in [-0.39, 0.29) is 5.69 Å². The Labute approximate surface area is 172 Å². The monoisotopic (exact) mass is 398 g/mol. The van der Waals surface area contributed by atoms with Gasteiger partial charge in [-0.3, -0.25) is 15.5 Å². The Morgan fingerprint density at radius 2 is 1.80 bits per heavy atom. The summed E-state index contributed by atoms with van der Waals surface area (Å²) in [5.74, 6) is 1.11. The summed E-state index contributed by atoms with van der Waals surface area (Å²) < 4.78 is 6.01. The summed E-state index contributed by atoms with van der Waals surface area (Å²) in [6.45, 7) is 0.438. The van der Waals surface area contributed by atoms with Crippen molar-refractivity contribution in [3.63, 3.8) is 0 Å². The minimum atomic E-state index is -0.497. The van der Waals surface area contributed by atoms with E-state index >= 15 is 0 Å². The van der Waals surface area contributed by atoms with Crippen LogP contribution in [0.1, 0.15) is 11.1 Å². The molecular formula is C23H18N4O3. The molecular weight excluding hydrogens is 380 g/mol. The molecule has 1 heterocycles. The predicted octanol–water partition coefficient (Wildman–Crippen LogP) is 5.17. The zero-order valence-electron chi connectivity index (χ0n) is 15.9. The lowest BCUT2D eigenvalue weighted by molar-refractivity contribution is -0.385. The lowest BCUT2D eigenvalue weighted by atomic mass is 10.1. The first-order chi connectivity index (χ1) is 14.7. The number of hydrazone groups is 1. The van der Waals surface area contributed by atoms with Crippen LogP contribution >= 0.6 is 0 Å². The summed E-state index contributed by atoms with van der Waals surface area (Å²) in [5, 5.41) is 17.2. The number of ether oxygens (including phenoxy) is 1. The van der Waals surface area contributed by atoms with Gasteiger partial charge in [0.1, 0.15) is 24.4 Å². The fourth-order valence-electron chi connectivity index (χ4n) is 2.94. The summed E-state index contributed by atoms with van der Waals surface area (Å²) in [7, 11) is 0. The quantitative estimate of drug-likeness (QED) is 0.264. The SMILES string of the molecule is O=[N+]([O-])c1ccc(N/N=C/c2ccccc2OCc2ccc3ccccc3c2)nc1. The molecule has 0 saturated heterocycles. The molecule has 0 spiro atoms. The third-order valence-electron chi connectivity index (χ3n) is 4.47. The number of anilines is 1. The number of para-hydroxylation sites is 1. The van der Waals surface area contributed by atoms with Crippen molar-refractivity contribution in [2.75, 3.05) is 5.43 Å². The molecule has 0 radical (unpaired) electrons. The summed E-state index contributed by atoms with van der Waals surface area (Å²) in [6.07, 6.45) is 2.80. The molecule has 30 heavy (non-hydrogen) atoms. The largest absolute Gasteiger partial charge is 0.488 e. The number of nitrogens with zero attached hydrogens (tertiary/aromatic N) is 3. The van der Waals surface area contributed by atoms with Crippen LogP contribution in [0, 0.1) is 10.1 Å². The molecule has 4 rings (SSSR count). The number of fused-ring (bicyclic) bond motifs is 1. The van der Waals surface area contributed by atoms with E-state index in [1.807, 2.05) is 36.4 Å². The van der Waals surface area contributed by atoms with Crippen LogP contribution in [0.5, 0.6) is 5.75 Å². The van der Waals surface area contributed by atoms with E-state index in [1.54, 1.807) is 6.21 Å². The van der Waals surface area contributed by atoms with E-state index in [1.165, 1.54) is 29.1 Å². The van der Waals surface area contributed by atoms with Crippen LogP contribution in [-0.2, 0) is 6.61 Å². The number of rotatable bonds is 7. The second kappa shape index (κ2) is 8.83. The van der Waals surface area contributed by atoms with Crippen LogP contribution < -0.4 is 10.2 Å². The number of aromatic nitrogens is 1. The molecule has 0 fully saturated rings. The van der Waals surface area contributed by atoms with E-state index in [4.69, 9.17) is 4.74 Å². The van der Waals surface area contributed by atoms with Gasteiger partial charge in [-0.15, -0.1) is 0 Å². The van der Waals surface area contributed by atoms with Crippen molar-refractivity contribution in [3.8, 4) is 5.75 Å². The van der Waals surface area contributed by atoms with Crippen LogP contribution in [0.2, 0.25) is 0 Å². The molecule has 0 aliphatic heterocycles. The average molecular weight is 398 g/mol. The summed E-state index contributed by atoms with van der Waals surface area (Å²) in [5.41, 5.74) is 4.56. The number of pyridine rings is 1. The molecule has 0 bridgehead atoms. The van der Waals surface area contributed by atoms with Gasteiger partial charge in [-0.2, -0.15) is 5.10 Å². The van der Waals surface area contributed by atoms with Gasteiger partial charge in [-0.1, -0.05) is 48.5 Å². The smallest absolute Gasteiger partial charge is 0.287 e. The number of hydrogen-bond acceptors (Lipinski definition) is 6. The van der Waals surface area contributed by atoms with Crippen LogP contribution in [-0.4, -0.2) is 16.1 Å². The second-order valence-corrected chi connectivity index (χ2v) is 6.54. The Morgan fingerprint density at radius 3 is 2.60 bits per heavy atom. The van der Waals surface area contributed by atoms with Gasteiger partial charge in [-0.25, -0.2) is 4.98 Å². The highest BCUT2D eigenvalue weighted by Crippen LogP contribution is 2.20. The molecule has 0 atom stereocenters. The van der Waals surface area contributed by atoms with Gasteiger partial charge >= 0.3 is 0 Å². The van der Waals surface area contributed by atoms with Gasteiger partial charge in [0.05, 0.1) is 11.1 Å². The van der Waals surface area contributed by atoms with Gasteiger partial charge in [0, 0.05) is 11.6 Å². The molecule has 148 valence electrons. The number of benzene rings is 3. The van der Waals surface area contributed by atoms with E-state index in [9.17, 15) is 10.1 Å². The first kappa shape index (κ1) is 19.1. The minimum Gasteiger partial charge on any atom is -0.488 e. The third kappa shape index (κ3) is 4.59. The maximum atomic E-state index is 10.7. The molecule has 4 aromatic rings. The standard InChI is InChI=1S/C23H18N4O3/c28-27(29)21-11-12-23(24-15-21)26-25-14-20-7-3-4-8-22(20)30-16-17-9-10-18-5-1-2-6-19(18)13-17/h1-15H,16H2,(H,24,26)/b25-14+. The van der Waals surface area contributed by atoms with Crippen LogP contribution in [0.15, 0.2) is 90.2 Å². The van der Waals surface area contributed by atoms with Gasteiger partial charge in [-0.05, 0) is 40.6 Å². The Kier molecular flexibility index (Phi) is 5.61. The van der Waals surface area contributed by atoms with Crippen molar-refractivity contribution in [2.45, 2.75) is 6.61 Å². The first-order valence-corrected chi connectivity index (χ1v) is 9.28. The fourth-order valence-corrected chi connectivity index (χ4v) is 2.94. The Hall–Kier alpha value is -4.26. The Balaban J connectivity index is 1.42. The van der Waals surface area contributed by atoms with E-state index < -0.39 is 4.92 Å². The van der Waals surface area contributed by atoms with Gasteiger partial charge in [0.2, 0.25) is 0 Å². The predicted molar refractivity (Wildman–Crippen MR) is 117 cm³/mol. The topological polar surface area (TPSA) is 89.7 Å². The van der Waals surface area contributed by atoms with Crippen LogP contribution in [0.25, 0.3) is 10.8 Å². The lowest BCUT2D eigenvalue weighted by Crippen LogP contribution is -1.99. The molecule has 0 saturated carbocycles. The highest BCUT2D eigenvalue weighted by Gasteiger charge is 2.05. The van der Waals surface area contributed by atoms with Crippen LogP contribution in [0.4, 0.5) is 11.5 Å². The molecule has 1 N–H and O–H groups in total. The van der Waals surface area contributed by atoms with E-state index in [0.29, 0.717) is 18.2 Å². The maximum Gasteiger partial charge on any atom is 0.287 e. The molecule has 3 aromatic carbocycles. The van der Waals surface area contributed by atoms with Crippen molar-refractivity contribution in [1.29, 1.82) is 0 Å². The van der Waals surface area contributed by atoms with Gasteiger partial charge in [0.15, 0.2) is 0 Å². The molecule has 0 aliphatic rings. The molecule has 0 aliphatic carbocycles. The van der Waals surface area contributed by atoms with Crippen molar-refractivity contribution >= 4 is 28.5 Å².